The largest absolute Gasteiger partial charge is 0.268 e. The van der Waals surface area contributed by atoms with Crippen LogP contribution in [-0.4, -0.2) is 35.6 Å². The van der Waals surface area contributed by atoms with Gasteiger partial charge in [0.15, 0.2) is 0 Å². The summed E-state index contributed by atoms with van der Waals surface area (Å²) in [6.45, 7) is 3.28. The molecule has 2 aromatic carbocycles. The summed E-state index contributed by atoms with van der Waals surface area (Å²) in [5, 5.41) is 4.48. The first-order chi connectivity index (χ1) is 13.9. The molecule has 0 unspecified atom stereocenters. The number of aromatic nitrogens is 2. The molecule has 1 aliphatic rings. The fraction of sp³-hybridized carbons (Fsp3) is 0.273. The predicted molar refractivity (Wildman–Crippen MR) is 112 cm³/mol. The van der Waals surface area contributed by atoms with Gasteiger partial charge in [-0.3, -0.25) is 4.79 Å². The Labute approximate surface area is 170 Å². The Balaban J connectivity index is 1.72. The van der Waals surface area contributed by atoms with Gasteiger partial charge >= 0.3 is 0 Å². The molecule has 0 bridgehead atoms. The van der Waals surface area contributed by atoms with Gasteiger partial charge in [0.1, 0.15) is 0 Å². The third-order valence-corrected chi connectivity index (χ3v) is 7.25. The molecule has 0 saturated carbocycles. The van der Waals surface area contributed by atoms with Crippen molar-refractivity contribution in [2.45, 2.75) is 31.2 Å². The van der Waals surface area contributed by atoms with Gasteiger partial charge in [0.05, 0.1) is 17.1 Å². The second-order valence-corrected chi connectivity index (χ2v) is 9.20. The Bertz CT molecular complexity index is 1180. The first-order valence-corrected chi connectivity index (χ1v) is 11.1. The van der Waals surface area contributed by atoms with E-state index in [0.717, 1.165) is 18.4 Å². The summed E-state index contributed by atoms with van der Waals surface area (Å²) in [5.74, 6) is 0. The van der Waals surface area contributed by atoms with E-state index in [1.165, 1.54) is 10.7 Å². The predicted octanol–water partition coefficient (Wildman–Crippen LogP) is 3.05. The molecule has 7 heteroatoms. The lowest BCUT2D eigenvalue weighted by Gasteiger charge is -2.18. The Kier molecular flexibility index (Phi) is 5.34. The molecule has 1 fully saturated rings. The van der Waals surface area contributed by atoms with E-state index in [-0.39, 0.29) is 5.56 Å². The smallest absolute Gasteiger partial charge is 0.267 e. The third kappa shape index (κ3) is 4.02. The molecule has 29 heavy (non-hydrogen) atoms. The monoisotopic (exact) mass is 409 g/mol. The number of hydrogen-bond acceptors (Lipinski definition) is 4. The van der Waals surface area contributed by atoms with Crippen LogP contribution < -0.4 is 5.56 Å². The van der Waals surface area contributed by atoms with Crippen LogP contribution in [0, 0.1) is 6.92 Å². The van der Waals surface area contributed by atoms with E-state index in [1.54, 1.807) is 29.4 Å². The maximum Gasteiger partial charge on any atom is 0.267 e. The van der Waals surface area contributed by atoms with E-state index < -0.39 is 10.0 Å². The van der Waals surface area contributed by atoms with Gasteiger partial charge in [-0.05, 0) is 43.0 Å². The van der Waals surface area contributed by atoms with Crippen molar-refractivity contribution in [3.8, 4) is 11.3 Å². The molecule has 0 spiro atoms. The zero-order chi connectivity index (χ0) is 20.4. The summed E-state index contributed by atoms with van der Waals surface area (Å²) < 4.78 is 29.0. The Morgan fingerprint density at radius 1 is 0.966 bits per heavy atom. The van der Waals surface area contributed by atoms with Gasteiger partial charge in [0.2, 0.25) is 10.0 Å². The maximum absolute atomic E-state index is 13.1. The average Bonchev–Trinajstić information content (AvgIpc) is 3.27. The highest BCUT2D eigenvalue weighted by molar-refractivity contribution is 7.89. The van der Waals surface area contributed by atoms with E-state index in [1.807, 2.05) is 36.4 Å². The van der Waals surface area contributed by atoms with Crippen LogP contribution in [0.4, 0.5) is 0 Å². The molecule has 6 nitrogen and oxygen atoms in total. The number of sulfonamides is 1. The van der Waals surface area contributed by atoms with Crippen LogP contribution in [0.2, 0.25) is 0 Å². The molecule has 1 saturated heterocycles. The fourth-order valence-corrected chi connectivity index (χ4v) is 5.35. The van der Waals surface area contributed by atoms with E-state index >= 15 is 0 Å². The van der Waals surface area contributed by atoms with Gasteiger partial charge in [-0.15, -0.1) is 0 Å². The van der Waals surface area contributed by atoms with Gasteiger partial charge in [-0.25, -0.2) is 13.1 Å². The third-order valence-electron chi connectivity index (χ3n) is 5.21. The van der Waals surface area contributed by atoms with Crippen molar-refractivity contribution in [1.82, 2.24) is 14.1 Å². The van der Waals surface area contributed by atoms with Crippen LogP contribution in [0.1, 0.15) is 24.0 Å². The Hall–Kier alpha value is -2.77. The minimum absolute atomic E-state index is 0.199. The zero-order valence-corrected chi connectivity index (χ0v) is 17.1. The van der Waals surface area contributed by atoms with Gasteiger partial charge in [-0.2, -0.15) is 9.40 Å². The molecule has 1 aromatic heterocycles. The molecule has 0 atom stereocenters. The number of rotatable bonds is 5. The maximum atomic E-state index is 13.1. The topological polar surface area (TPSA) is 72.3 Å². The summed E-state index contributed by atoms with van der Waals surface area (Å²) >= 11 is 0. The quantitative estimate of drug-likeness (QED) is 0.649. The first-order valence-electron chi connectivity index (χ1n) is 9.68. The van der Waals surface area contributed by atoms with Crippen molar-refractivity contribution < 1.29 is 8.42 Å². The van der Waals surface area contributed by atoms with Crippen molar-refractivity contribution in [3.63, 3.8) is 0 Å². The van der Waals surface area contributed by atoms with Crippen molar-refractivity contribution in [1.29, 1.82) is 0 Å². The SMILES string of the molecule is Cc1ccc(-c2ccc(=O)n(Cc3ccccc3)n2)cc1S(=O)(=O)N1CCCC1. The minimum Gasteiger partial charge on any atom is -0.268 e. The van der Waals surface area contributed by atoms with Crippen molar-refractivity contribution in [3.05, 3.63) is 82.1 Å². The minimum atomic E-state index is -3.53. The van der Waals surface area contributed by atoms with Gasteiger partial charge in [0, 0.05) is 24.7 Å². The van der Waals surface area contributed by atoms with E-state index in [9.17, 15) is 13.2 Å². The van der Waals surface area contributed by atoms with Crippen molar-refractivity contribution in [2.75, 3.05) is 13.1 Å². The molecular formula is C22H23N3O3S. The zero-order valence-electron chi connectivity index (χ0n) is 16.3. The van der Waals surface area contributed by atoms with Crippen molar-refractivity contribution in [2.24, 2.45) is 0 Å². The molecule has 4 rings (SSSR count). The summed E-state index contributed by atoms with van der Waals surface area (Å²) in [4.78, 5) is 12.6. The molecule has 0 radical (unpaired) electrons. The van der Waals surface area contributed by atoms with Crippen LogP contribution in [0.25, 0.3) is 11.3 Å². The molecule has 0 aliphatic carbocycles. The van der Waals surface area contributed by atoms with Crippen molar-refractivity contribution >= 4 is 10.0 Å². The van der Waals surface area contributed by atoms with Crippen LogP contribution in [0.5, 0.6) is 0 Å². The first kappa shape index (κ1) is 19.5. The van der Waals surface area contributed by atoms with E-state index in [4.69, 9.17) is 0 Å². The highest BCUT2D eigenvalue weighted by Gasteiger charge is 2.28. The lowest BCUT2D eigenvalue weighted by molar-refractivity contribution is 0.477. The summed E-state index contributed by atoms with van der Waals surface area (Å²) in [7, 11) is -3.53. The number of hydrogen-bond donors (Lipinski definition) is 0. The second-order valence-electron chi connectivity index (χ2n) is 7.29. The van der Waals surface area contributed by atoms with Gasteiger partial charge in [-0.1, -0.05) is 42.5 Å². The lowest BCUT2D eigenvalue weighted by atomic mass is 10.1. The lowest BCUT2D eigenvalue weighted by Crippen LogP contribution is -2.28. The molecular weight excluding hydrogens is 386 g/mol. The van der Waals surface area contributed by atoms with Gasteiger partial charge < -0.3 is 0 Å². The highest BCUT2D eigenvalue weighted by atomic mass is 32.2. The highest BCUT2D eigenvalue weighted by Crippen LogP contribution is 2.27. The summed E-state index contributed by atoms with van der Waals surface area (Å²) in [6.07, 6.45) is 1.79. The number of aryl methyl sites for hydroxylation is 1. The van der Waals surface area contributed by atoms with Crippen LogP contribution in [0.15, 0.2) is 70.4 Å². The summed E-state index contributed by atoms with van der Waals surface area (Å²) in [6, 6.07) is 18.1. The molecule has 0 N–H and O–H groups in total. The molecule has 0 amide bonds. The average molecular weight is 410 g/mol. The number of nitrogens with zero attached hydrogens (tertiary/aromatic N) is 3. The molecule has 150 valence electrons. The molecule has 3 aromatic rings. The second kappa shape index (κ2) is 7.93. The van der Waals surface area contributed by atoms with Gasteiger partial charge in [0.25, 0.3) is 5.56 Å². The fourth-order valence-electron chi connectivity index (χ4n) is 3.58. The summed E-state index contributed by atoms with van der Waals surface area (Å²) in [5.41, 5.74) is 2.72. The normalized spacial score (nSPS) is 14.9. The van der Waals surface area contributed by atoms with Crippen LogP contribution >= 0.6 is 0 Å². The standard InChI is InChI=1S/C22H23N3O3S/c1-17-9-10-19(15-21(17)29(27,28)24-13-5-6-14-24)20-11-12-22(26)25(23-20)16-18-7-3-2-4-8-18/h2-4,7-12,15H,5-6,13-14,16H2,1H3. The Morgan fingerprint density at radius 3 is 2.41 bits per heavy atom. The molecule has 2 heterocycles. The molecule has 1 aliphatic heterocycles. The van der Waals surface area contributed by atoms with E-state index in [0.29, 0.717) is 41.4 Å². The van der Waals surface area contributed by atoms with E-state index in [2.05, 4.69) is 5.10 Å². The Morgan fingerprint density at radius 2 is 1.69 bits per heavy atom. The van der Waals surface area contributed by atoms with Crippen LogP contribution in [-0.2, 0) is 16.6 Å². The van der Waals surface area contributed by atoms with Crippen LogP contribution in [0.3, 0.4) is 0 Å². The number of benzene rings is 2.